The zero-order chi connectivity index (χ0) is 12.1. The van der Waals surface area contributed by atoms with Gasteiger partial charge in [0, 0.05) is 13.7 Å². The summed E-state index contributed by atoms with van der Waals surface area (Å²) >= 11 is 0. The molecule has 1 heterocycles. The maximum Gasteiger partial charge on any atom is 0.183 e. The molecule has 1 N–H and O–H groups in total. The summed E-state index contributed by atoms with van der Waals surface area (Å²) in [7, 11) is 1.58. The van der Waals surface area contributed by atoms with Crippen molar-refractivity contribution in [2.75, 3.05) is 13.7 Å². The lowest BCUT2D eigenvalue weighted by Gasteiger charge is -2.25. The summed E-state index contributed by atoms with van der Waals surface area (Å²) in [5, 5.41) is 10.2. The smallest absolute Gasteiger partial charge is 0.183 e. The number of ether oxygens (including phenoxy) is 2. The number of methoxy groups -OCH3 is 1. The van der Waals surface area contributed by atoms with Crippen LogP contribution in [-0.2, 0) is 15.9 Å². The molecule has 17 heavy (non-hydrogen) atoms. The van der Waals surface area contributed by atoms with E-state index in [1.807, 2.05) is 18.2 Å². The van der Waals surface area contributed by atoms with Gasteiger partial charge in [-0.3, -0.25) is 0 Å². The van der Waals surface area contributed by atoms with Crippen LogP contribution < -0.4 is 0 Å². The molecule has 3 nitrogen and oxygen atoms in total. The van der Waals surface area contributed by atoms with Gasteiger partial charge in [-0.2, -0.15) is 0 Å². The van der Waals surface area contributed by atoms with Crippen molar-refractivity contribution in [2.45, 2.75) is 31.7 Å². The molecule has 0 bridgehead atoms. The molecule has 0 aromatic heterocycles. The van der Waals surface area contributed by atoms with E-state index in [2.05, 4.69) is 12.1 Å². The minimum Gasteiger partial charge on any atom is -0.388 e. The lowest BCUT2D eigenvalue weighted by molar-refractivity contribution is -0.182. The molecular weight excluding hydrogens is 216 g/mol. The molecule has 1 saturated heterocycles. The lowest BCUT2D eigenvalue weighted by Crippen LogP contribution is -2.36. The summed E-state index contributed by atoms with van der Waals surface area (Å²) in [5.41, 5.74) is 1.26. The third-order valence-corrected chi connectivity index (χ3v) is 3.34. The molecule has 94 valence electrons. The van der Waals surface area contributed by atoms with Gasteiger partial charge in [0.15, 0.2) is 6.29 Å². The first-order valence-corrected chi connectivity index (χ1v) is 6.17. The number of benzene rings is 1. The van der Waals surface area contributed by atoms with Gasteiger partial charge in [0.25, 0.3) is 0 Å². The largest absolute Gasteiger partial charge is 0.388 e. The van der Waals surface area contributed by atoms with Gasteiger partial charge in [0.05, 0.1) is 0 Å². The van der Waals surface area contributed by atoms with Crippen LogP contribution in [0.15, 0.2) is 30.3 Å². The average molecular weight is 236 g/mol. The first-order valence-electron chi connectivity index (χ1n) is 6.17. The zero-order valence-electron chi connectivity index (χ0n) is 10.2. The molecule has 2 rings (SSSR count). The highest BCUT2D eigenvalue weighted by molar-refractivity contribution is 5.15. The lowest BCUT2D eigenvalue weighted by atomic mass is 9.90. The Morgan fingerprint density at radius 3 is 2.82 bits per heavy atom. The third kappa shape index (κ3) is 3.28. The number of aliphatic hydroxyl groups is 1. The van der Waals surface area contributed by atoms with Crippen LogP contribution in [0.4, 0.5) is 0 Å². The normalized spacial score (nSPS) is 29.9. The van der Waals surface area contributed by atoms with Crippen LogP contribution >= 0.6 is 0 Å². The summed E-state index contributed by atoms with van der Waals surface area (Å²) in [5.74, 6) is 0.213. The van der Waals surface area contributed by atoms with Crippen LogP contribution in [0.1, 0.15) is 18.4 Å². The van der Waals surface area contributed by atoms with Crippen molar-refractivity contribution in [1.82, 2.24) is 0 Å². The molecule has 3 atom stereocenters. The Balaban J connectivity index is 2.03. The van der Waals surface area contributed by atoms with Crippen LogP contribution in [-0.4, -0.2) is 31.2 Å². The number of rotatable bonds is 3. The van der Waals surface area contributed by atoms with Gasteiger partial charge in [-0.15, -0.1) is 0 Å². The fraction of sp³-hybridized carbons (Fsp3) is 0.571. The van der Waals surface area contributed by atoms with Gasteiger partial charge in [0.1, 0.15) is 6.10 Å². The molecule has 0 aliphatic carbocycles. The zero-order valence-corrected chi connectivity index (χ0v) is 10.2. The Morgan fingerprint density at radius 2 is 2.12 bits per heavy atom. The molecular formula is C14H20O3. The van der Waals surface area contributed by atoms with Gasteiger partial charge in [-0.25, -0.2) is 0 Å². The molecule has 1 aliphatic rings. The summed E-state index contributed by atoms with van der Waals surface area (Å²) < 4.78 is 10.6. The Morgan fingerprint density at radius 1 is 1.35 bits per heavy atom. The number of hydrogen-bond donors (Lipinski definition) is 1. The number of hydrogen-bond acceptors (Lipinski definition) is 3. The molecule has 3 heteroatoms. The van der Waals surface area contributed by atoms with Gasteiger partial charge in [-0.1, -0.05) is 30.3 Å². The van der Waals surface area contributed by atoms with Crippen molar-refractivity contribution >= 4 is 0 Å². The summed E-state index contributed by atoms with van der Waals surface area (Å²) in [6, 6.07) is 10.3. The van der Waals surface area contributed by atoms with Gasteiger partial charge < -0.3 is 14.6 Å². The molecule has 0 spiro atoms. The van der Waals surface area contributed by atoms with Crippen molar-refractivity contribution in [3.05, 3.63) is 35.9 Å². The molecule has 0 unspecified atom stereocenters. The van der Waals surface area contributed by atoms with Crippen LogP contribution in [0.2, 0.25) is 0 Å². The first-order chi connectivity index (χ1) is 8.31. The van der Waals surface area contributed by atoms with E-state index in [0.717, 1.165) is 19.3 Å². The molecule has 1 aromatic carbocycles. The quantitative estimate of drug-likeness (QED) is 0.872. The predicted molar refractivity (Wildman–Crippen MR) is 65.6 cm³/mol. The molecule has 1 aliphatic heterocycles. The van der Waals surface area contributed by atoms with Crippen molar-refractivity contribution < 1.29 is 14.6 Å². The third-order valence-electron chi connectivity index (χ3n) is 3.34. The van der Waals surface area contributed by atoms with Crippen molar-refractivity contribution in [3.63, 3.8) is 0 Å². The first kappa shape index (κ1) is 12.6. The Labute approximate surface area is 102 Å². The second kappa shape index (κ2) is 6.15. The standard InChI is InChI=1S/C14H20O3/c1-16-14-13(15)12(8-5-9-17-14)10-11-6-3-2-4-7-11/h2-4,6-7,12-15H,5,8-10H2,1H3/t12-,13+,14+/m1/s1. The van der Waals surface area contributed by atoms with E-state index in [-0.39, 0.29) is 5.92 Å². The second-order valence-electron chi connectivity index (χ2n) is 4.56. The minimum absolute atomic E-state index is 0.213. The van der Waals surface area contributed by atoms with Crippen LogP contribution in [0, 0.1) is 5.92 Å². The maximum absolute atomic E-state index is 10.2. The van der Waals surface area contributed by atoms with Crippen molar-refractivity contribution in [1.29, 1.82) is 0 Å². The van der Waals surface area contributed by atoms with Crippen LogP contribution in [0.25, 0.3) is 0 Å². The average Bonchev–Trinajstić information content (AvgIpc) is 2.54. The van der Waals surface area contributed by atoms with Crippen LogP contribution in [0.3, 0.4) is 0 Å². The Hall–Kier alpha value is -0.900. The molecule has 1 fully saturated rings. The van der Waals surface area contributed by atoms with Gasteiger partial charge >= 0.3 is 0 Å². The van der Waals surface area contributed by atoms with Gasteiger partial charge in [-0.05, 0) is 30.7 Å². The van der Waals surface area contributed by atoms with E-state index in [4.69, 9.17) is 9.47 Å². The van der Waals surface area contributed by atoms with E-state index < -0.39 is 12.4 Å². The molecule has 0 radical (unpaired) electrons. The van der Waals surface area contributed by atoms with Crippen molar-refractivity contribution in [2.24, 2.45) is 5.92 Å². The molecule has 1 aromatic rings. The van der Waals surface area contributed by atoms with E-state index in [9.17, 15) is 5.11 Å². The van der Waals surface area contributed by atoms with Gasteiger partial charge in [0.2, 0.25) is 0 Å². The fourth-order valence-corrected chi connectivity index (χ4v) is 2.38. The maximum atomic E-state index is 10.2. The van der Waals surface area contributed by atoms with E-state index in [0.29, 0.717) is 6.61 Å². The SMILES string of the molecule is CO[C@H]1OCCC[C@H](Cc2ccccc2)[C@@H]1O. The van der Waals surface area contributed by atoms with E-state index in [1.165, 1.54) is 5.56 Å². The Bertz CT molecular complexity index is 325. The summed E-state index contributed by atoms with van der Waals surface area (Å²) in [6.07, 6.45) is 1.82. The predicted octanol–water partition coefficient (Wildman–Crippen LogP) is 1.99. The topological polar surface area (TPSA) is 38.7 Å². The summed E-state index contributed by atoms with van der Waals surface area (Å²) in [6.45, 7) is 0.668. The molecule has 0 saturated carbocycles. The summed E-state index contributed by atoms with van der Waals surface area (Å²) in [4.78, 5) is 0. The highest BCUT2D eigenvalue weighted by atomic mass is 16.7. The fourth-order valence-electron chi connectivity index (χ4n) is 2.38. The van der Waals surface area contributed by atoms with E-state index in [1.54, 1.807) is 7.11 Å². The number of aliphatic hydroxyl groups excluding tert-OH is 1. The van der Waals surface area contributed by atoms with E-state index >= 15 is 0 Å². The molecule has 0 amide bonds. The Kier molecular flexibility index (Phi) is 4.54. The monoisotopic (exact) mass is 236 g/mol. The highest BCUT2D eigenvalue weighted by Gasteiger charge is 2.30. The minimum atomic E-state index is -0.539. The van der Waals surface area contributed by atoms with Crippen molar-refractivity contribution in [3.8, 4) is 0 Å². The second-order valence-corrected chi connectivity index (χ2v) is 4.56. The van der Waals surface area contributed by atoms with Crippen LogP contribution in [0.5, 0.6) is 0 Å². The highest BCUT2D eigenvalue weighted by Crippen LogP contribution is 2.25.